The van der Waals surface area contributed by atoms with Crippen LogP contribution in [0.1, 0.15) is 6.92 Å². The van der Waals surface area contributed by atoms with Crippen LogP contribution < -0.4 is 0 Å². The molecule has 0 saturated carbocycles. The highest BCUT2D eigenvalue weighted by Crippen LogP contribution is 2.17. The van der Waals surface area contributed by atoms with Gasteiger partial charge in [0.2, 0.25) is 10.0 Å². The van der Waals surface area contributed by atoms with Crippen LogP contribution in [0.3, 0.4) is 0 Å². The molecular formula is C14H19N3O2S. The summed E-state index contributed by atoms with van der Waals surface area (Å²) < 4.78 is 26.4. The van der Waals surface area contributed by atoms with Gasteiger partial charge in [0.15, 0.2) is 0 Å². The second-order valence-electron chi connectivity index (χ2n) is 5.05. The van der Waals surface area contributed by atoms with Gasteiger partial charge >= 0.3 is 0 Å². The van der Waals surface area contributed by atoms with Crippen LogP contribution >= 0.6 is 0 Å². The molecule has 0 radical (unpaired) electrons. The Morgan fingerprint density at radius 2 is 1.80 bits per heavy atom. The highest BCUT2D eigenvalue weighted by molar-refractivity contribution is 7.89. The molecule has 0 aliphatic carbocycles. The Morgan fingerprint density at radius 3 is 2.35 bits per heavy atom. The number of benzene rings is 1. The normalized spacial score (nSPS) is 19.4. The number of sulfonamides is 1. The maximum atomic E-state index is 12.4. The van der Waals surface area contributed by atoms with E-state index >= 15 is 0 Å². The van der Waals surface area contributed by atoms with Crippen molar-refractivity contribution < 1.29 is 8.42 Å². The zero-order valence-corrected chi connectivity index (χ0v) is 12.4. The first kappa shape index (κ1) is 15.0. The Balaban J connectivity index is 1.99. The lowest BCUT2D eigenvalue weighted by molar-refractivity contribution is 0.178. The minimum Gasteiger partial charge on any atom is -0.299 e. The van der Waals surface area contributed by atoms with Crippen molar-refractivity contribution in [3.05, 3.63) is 30.3 Å². The molecule has 20 heavy (non-hydrogen) atoms. The van der Waals surface area contributed by atoms with E-state index in [9.17, 15) is 8.42 Å². The van der Waals surface area contributed by atoms with Gasteiger partial charge in [0, 0.05) is 32.7 Å². The summed E-state index contributed by atoms with van der Waals surface area (Å²) in [5, 5.41) is 8.81. The number of piperazine rings is 1. The summed E-state index contributed by atoms with van der Waals surface area (Å²) in [6.45, 7) is 4.91. The van der Waals surface area contributed by atoms with Crippen LogP contribution in [0.4, 0.5) is 0 Å². The van der Waals surface area contributed by atoms with E-state index in [1.165, 1.54) is 4.31 Å². The third-order valence-electron chi connectivity index (χ3n) is 3.46. The van der Waals surface area contributed by atoms with Crippen molar-refractivity contribution >= 4 is 10.0 Å². The van der Waals surface area contributed by atoms with E-state index in [4.69, 9.17) is 5.26 Å². The Morgan fingerprint density at radius 1 is 1.20 bits per heavy atom. The zero-order valence-electron chi connectivity index (χ0n) is 11.6. The second kappa shape index (κ2) is 6.35. The van der Waals surface area contributed by atoms with Crippen LogP contribution in [-0.2, 0) is 10.0 Å². The van der Waals surface area contributed by atoms with E-state index < -0.39 is 10.0 Å². The minimum absolute atomic E-state index is 0.0210. The highest BCUT2D eigenvalue weighted by atomic mass is 32.2. The molecule has 1 aromatic carbocycles. The van der Waals surface area contributed by atoms with Crippen molar-refractivity contribution in [2.75, 3.05) is 32.7 Å². The van der Waals surface area contributed by atoms with Crippen LogP contribution in [0.15, 0.2) is 35.2 Å². The van der Waals surface area contributed by atoms with Gasteiger partial charge in [0.1, 0.15) is 0 Å². The van der Waals surface area contributed by atoms with Crippen molar-refractivity contribution in [2.45, 2.75) is 11.8 Å². The van der Waals surface area contributed by atoms with Crippen molar-refractivity contribution in [2.24, 2.45) is 5.92 Å². The molecule has 0 spiro atoms. The molecule has 1 aromatic rings. The summed E-state index contributed by atoms with van der Waals surface area (Å²) in [5.74, 6) is -0.0210. The SMILES string of the molecule is C[C@@H](C#N)CN1CCN(S(=O)(=O)c2ccccc2)CC1. The molecule has 0 N–H and O–H groups in total. The topological polar surface area (TPSA) is 64.4 Å². The molecule has 0 unspecified atom stereocenters. The van der Waals surface area contributed by atoms with Gasteiger partial charge in [-0.05, 0) is 19.1 Å². The Bertz CT molecular complexity index is 572. The molecule has 108 valence electrons. The van der Waals surface area contributed by atoms with Gasteiger partial charge in [0.05, 0.1) is 16.9 Å². The summed E-state index contributed by atoms with van der Waals surface area (Å²) in [7, 11) is -3.38. The maximum absolute atomic E-state index is 12.4. The summed E-state index contributed by atoms with van der Waals surface area (Å²) in [4.78, 5) is 2.49. The van der Waals surface area contributed by atoms with E-state index in [1.807, 2.05) is 6.92 Å². The molecule has 1 saturated heterocycles. The van der Waals surface area contributed by atoms with E-state index in [0.29, 0.717) is 37.6 Å². The first-order valence-corrected chi connectivity index (χ1v) is 8.15. The number of rotatable bonds is 4. The van der Waals surface area contributed by atoms with E-state index in [0.717, 1.165) is 0 Å². The number of hydrogen-bond acceptors (Lipinski definition) is 4. The monoisotopic (exact) mass is 293 g/mol. The number of nitrogens with zero attached hydrogens (tertiary/aromatic N) is 3. The first-order valence-electron chi connectivity index (χ1n) is 6.71. The fourth-order valence-electron chi connectivity index (χ4n) is 2.32. The molecule has 5 nitrogen and oxygen atoms in total. The maximum Gasteiger partial charge on any atom is 0.243 e. The van der Waals surface area contributed by atoms with Crippen LogP contribution in [0.5, 0.6) is 0 Å². The fourth-order valence-corrected chi connectivity index (χ4v) is 3.77. The van der Waals surface area contributed by atoms with Gasteiger partial charge in [-0.25, -0.2) is 8.42 Å². The van der Waals surface area contributed by atoms with Crippen LogP contribution in [-0.4, -0.2) is 50.3 Å². The number of hydrogen-bond donors (Lipinski definition) is 0. The van der Waals surface area contributed by atoms with Gasteiger partial charge in [-0.15, -0.1) is 0 Å². The van der Waals surface area contributed by atoms with Crippen LogP contribution in [0, 0.1) is 17.2 Å². The Hall–Kier alpha value is -1.42. The first-order chi connectivity index (χ1) is 9.54. The van der Waals surface area contributed by atoms with Gasteiger partial charge in [-0.2, -0.15) is 9.57 Å². The molecule has 2 rings (SSSR count). The van der Waals surface area contributed by atoms with Crippen molar-refractivity contribution in [3.8, 4) is 6.07 Å². The predicted octanol–water partition coefficient (Wildman–Crippen LogP) is 1.15. The van der Waals surface area contributed by atoms with Gasteiger partial charge < -0.3 is 0 Å². The highest BCUT2D eigenvalue weighted by Gasteiger charge is 2.28. The summed E-state index contributed by atoms with van der Waals surface area (Å²) >= 11 is 0. The van der Waals surface area contributed by atoms with Gasteiger partial charge in [-0.3, -0.25) is 4.90 Å². The molecular weight excluding hydrogens is 274 g/mol. The lowest BCUT2D eigenvalue weighted by atomic mass is 10.2. The van der Waals surface area contributed by atoms with E-state index in [2.05, 4.69) is 11.0 Å². The molecule has 1 aliphatic heterocycles. The van der Waals surface area contributed by atoms with E-state index in [-0.39, 0.29) is 5.92 Å². The molecule has 6 heteroatoms. The lowest BCUT2D eigenvalue weighted by Gasteiger charge is -2.34. The second-order valence-corrected chi connectivity index (χ2v) is 6.99. The van der Waals surface area contributed by atoms with Crippen LogP contribution in [0.25, 0.3) is 0 Å². The average Bonchev–Trinajstić information content (AvgIpc) is 2.48. The van der Waals surface area contributed by atoms with Crippen molar-refractivity contribution in [1.82, 2.24) is 9.21 Å². The smallest absolute Gasteiger partial charge is 0.243 e. The summed E-state index contributed by atoms with van der Waals surface area (Å²) in [6, 6.07) is 10.7. The number of nitriles is 1. The minimum atomic E-state index is -3.38. The van der Waals surface area contributed by atoms with Crippen molar-refractivity contribution in [3.63, 3.8) is 0 Å². The average molecular weight is 293 g/mol. The Labute approximate surface area is 120 Å². The Kier molecular flexibility index (Phi) is 4.76. The predicted molar refractivity (Wildman–Crippen MR) is 76.4 cm³/mol. The third kappa shape index (κ3) is 3.37. The molecule has 0 aromatic heterocycles. The van der Waals surface area contributed by atoms with Crippen molar-refractivity contribution in [1.29, 1.82) is 5.26 Å². The third-order valence-corrected chi connectivity index (χ3v) is 5.38. The summed E-state index contributed by atoms with van der Waals surface area (Å²) in [5.41, 5.74) is 0. The standard InChI is InChI=1S/C14H19N3O2S/c1-13(11-15)12-16-7-9-17(10-8-16)20(18,19)14-5-3-2-4-6-14/h2-6,13H,7-10,12H2,1H3/t13-/m0/s1. The van der Waals surface area contributed by atoms with Crippen LogP contribution in [0.2, 0.25) is 0 Å². The molecule has 1 heterocycles. The molecule has 0 amide bonds. The molecule has 1 atom stereocenters. The quantitative estimate of drug-likeness (QED) is 0.835. The zero-order chi connectivity index (χ0) is 14.6. The lowest BCUT2D eigenvalue weighted by Crippen LogP contribution is -2.49. The largest absolute Gasteiger partial charge is 0.299 e. The molecule has 1 fully saturated rings. The van der Waals surface area contributed by atoms with E-state index in [1.54, 1.807) is 30.3 Å². The molecule has 1 aliphatic rings. The molecule has 0 bridgehead atoms. The van der Waals surface area contributed by atoms with Gasteiger partial charge in [0.25, 0.3) is 0 Å². The van der Waals surface area contributed by atoms with Gasteiger partial charge in [-0.1, -0.05) is 18.2 Å². The summed E-state index contributed by atoms with van der Waals surface area (Å²) in [6.07, 6.45) is 0. The fraction of sp³-hybridized carbons (Fsp3) is 0.500.